The first-order chi connectivity index (χ1) is 28.5. The van der Waals surface area contributed by atoms with E-state index in [-0.39, 0.29) is 11.4 Å². The molecule has 0 aliphatic carbocycles. The van der Waals surface area contributed by atoms with Gasteiger partial charge in [0.15, 0.2) is 0 Å². The highest BCUT2D eigenvalue weighted by Crippen LogP contribution is 2.24. The van der Waals surface area contributed by atoms with Crippen LogP contribution in [0.3, 0.4) is 0 Å². The molecule has 9 rings (SSSR count). The summed E-state index contributed by atoms with van der Waals surface area (Å²) in [6.45, 7) is 7.22. The molecular formula is C46H45N9O3. The minimum atomic E-state index is -0.133. The minimum Gasteiger partial charge on any atom is -0.497 e. The van der Waals surface area contributed by atoms with Crippen LogP contribution < -0.4 is 15.0 Å². The van der Waals surface area contributed by atoms with Crippen molar-refractivity contribution in [2.45, 2.75) is 39.1 Å². The molecule has 12 nitrogen and oxygen atoms in total. The molecule has 8 aromatic rings. The number of ether oxygens (including phenoxy) is 2. The quantitative estimate of drug-likeness (QED) is 0.107. The van der Waals surface area contributed by atoms with Gasteiger partial charge < -0.3 is 18.9 Å². The lowest BCUT2D eigenvalue weighted by atomic mass is 10.1. The second-order valence-corrected chi connectivity index (χ2v) is 14.8. The normalized spacial score (nSPS) is 13.7. The van der Waals surface area contributed by atoms with Gasteiger partial charge in [0.25, 0.3) is 5.56 Å². The predicted molar refractivity (Wildman–Crippen MR) is 226 cm³/mol. The maximum Gasteiger partial charge on any atom is 0.262 e. The zero-order valence-corrected chi connectivity index (χ0v) is 32.6. The van der Waals surface area contributed by atoms with E-state index in [9.17, 15) is 4.79 Å². The number of piperazine rings is 1. The number of unbranched alkanes of at least 4 members (excludes halogenated alkanes) is 1. The van der Waals surface area contributed by atoms with Gasteiger partial charge in [0.1, 0.15) is 18.1 Å². The fourth-order valence-electron chi connectivity index (χ4n) is 7.74. The van der Waals surface area contributed by atoms with Crippen molar-refractivity contribution in [3.8, 4) is 22.9 Å². The molecule has 4 aromatic carbocycles. The Morgan fingerprint density at radius 2 is 1.36 bits per heavy atom. The summed E-state index contributed by atoms with van der Waals surface area (Å²) in [4.78, 5) is 30.3. The maximum absolute atomic E-state index is 14.1. The average Bonchev–Trinajstić information content (AvgIpc) is 3.73. The summed E-state index contributed by atoms with van der Waals surface area (Å²) in [5.74, 6) is 1.72. The lowest BCUT2D eigenvalue weighted by Gasteiger charge is -2.34. The zero-order valence-electron chi connectivity index (χ0n) is 32.6. The van der Waals surface area contributed by atoms with Crippen molar-refractivity contribution in [3.63, 3.8) is 0 Å². The second-order valence-electron chi connectivity index (χ2n) is 14.8. The highest BCUT2D eigenvalue weighted by Gasteiger charge is 2.19. The van der Waals surface area contributed by atoms with Gasteiger partial charge in [-0.15, -0.1) is 10.2 Å². The number of tetrazole rings is 1. The van der Waals surface area contributed by atoms with Crippen LogP contribution in [0.25, 0.3) is 44.1 Å². The van der Waals surface area contributed by atoms with E-state index in [1.807, 2.05) is 89.5 Å². The highest BCUT2D eigenvalue weighted by molar-refractivity contribution is 5.84. The van der Waals surface area contributed by atoms with E-state index in [0.29, 0.717) is 31.0 Å². The lowest BCUT2D eigenvalue weighted by molar-refractivity contribution is 0.124. The van der Waals surface area contributed by atoms with Crippen LogP contribution in [0, 0.1) is 0 Å². The molecule has 5 heterocycles. The predicted octanol–water partition coefficient (Wildman–Crippen LogP) is 6.99. The summed E-state index contributed by atoms with van der Waals surface area (Å²) in [6, 6.07) is 40.1. The van der Waals surface area contributed by atoms with E-state index in [0.717, 1.165) is 102 Å². The van der Waals surface area contributed by atoms with Crippen LogP contribution in [0.1, 0.15) is 29.8 Å². The first-order valence-corrected chi connectivity index (χ1v) is 19.9. The second kappa shape index (κ2) is 16.9. The Bertz CT molecular complexity index is 2760. The Kier molecular flexibility index (Phi) is 10.8. The van der Waals surface area contributed by atoms with Gasteiger partial charge in [-0.2, -0.15) is 4.80 Å². The number of methoxy groups -OCH3 is 1. The zero-order chi connectivity index (χ0) is 39.3. The Labute approximate surface area is 336 Å². The van der Waals surface area contributed by atoms with Crippen LogP contribution in [-0.2, 0) is 26.2 Å². The smallest absolute Gasteiger partial charge is 0.262 e. The Morgan fingerprint density at radius 3 is 2.16 bits per heavy atom. The number of rotatable bonds is 14. The van der Waals surface area contributed by atoms with Crippen LogP contribution >= 0.6 is 0 Å². The lowest BCUT2D eigenvalue weighted by Crippen LogP contribution is -2.46. The summed E-state index contributed by atoms with van der Waals surface area (Å²) >= 11 is 0. The van der Waals surface area contributed by atoms with Crippen LogP contribution in [0.15, 0.2) is 126 Å². The third kappa shape index (κ3) is 8.43. The molecule has 0 atom stereocenters. The molecule has 0 N–H and O–H groups in total. The maximum atomic E-state index is 14.1. The molecule has 12 heteroatoms. The number of aromatic nitrogens is 7. The van der Waals surface area contributed by atoms with Gasteiger partial charge in [0, 0.05) is 55.4 Å². The molecule has 4 aromatic heterocycles. The Morgan fingerprint density at radius 1 is 0.638 bits per heavy atom. The van der Waals surface area contributed by atoms with Gasteiger partial charge in [-0.25, -0.2) is 4.98 Å². The largest absolute Gasteiger partial charge is 0.497 e. The Hall–Kier alpha value is -6.50. The number of hydrogen-bond donors (Lipinski definition) is 0. The third-order valence-corrected chi connectivity index (χ3v) is 10.9. The number of benzene rings is 4. The summed E-state index contributed by atoms with van der Waals surface area (Å²) in [5, 5.41) is 16.5. The molecule has 1 saturated heterocycles. The van der Waals surface area contributed by atoms with Gasteiger partial charge in [-0.05, 0) is 90.8 Å². The molecule has 1 aliphatic heterocycles. The molecule has 0 radical (unpaired) electrons. The molecule has 0 bridgehead atoms. The topological polar surface area (TPSA) is 116 Å². The van der Waals surface area contributed by atoms with Crippen LogP contribution in [0.2, 0.25) is 0 Å². The minimum absolute atomic E-state index is 0.133. The number of pyridine rings is 3. The number of aryl methyl sites for hydroxylation is 1. The van der Waals surface area contributed by atoms with Crippen molar-refractivity contribution < 1.29 is 9.47 Å². The van der Waals surface area contributed by atoms with Crippen LogP contribution in [-0.4, -0.2) is 84.4 Å². The highest BCUT2D eigenvalue weighted by atomic mass is 16.5. The van der Waals surface area contributed by atoms with Gasteiger partial charge >= 0.3 is 0 Å². The van der Waals surface area contributed by atoms with Crippen molar-refractivity contribution in [2.75, 3.05) is 39.8 Å². The number of hydrogen-bond acceptors (Lipinski definition) is 10. The SMILES string of the molecule is COc1ccc2c(c1)cc(-c1nnn(Cc3cccc(OCc4ccc5ccccc5n4)c3)n1)c(=O)n2CCCCN1CCN(Cc2ccc3ccccc3n2)CC1. The monoisotopic (exact) mass is 771 g/mol. The number of fused-ring (bicyclic) bond motifs is 3. The molecule has 1 fully saturated rings. The first-order valence-electron chi connectivity index (χ1n) is 19.9. The van der Waals surface area contributed by atoms with Crippen LogP contribution in [0.5, 0.6) is 11.5 Å². The van der Waals surface area contributed by atoms with E-state index < -0.39 is 0 Å². The summed E-state index contributed by atoms with van der Waals surface area (Å²) in [6.07, 6.45) is 1.84. The molecular weight excluding hydrogens is 727 g/mol. The summed E-state index contributed by atoms with van der Waals surface area (Å²) in [7, 11) is 1.64. The molecule has 1 aliphatic rings. The van der Waals surface area contributed by atoms with E-state index in [4.69, 9.17) is 19.4 Å². The molecule has 0 unspecified atom stereocenters. The van der Waals surface area contributed by atoms with E-state index in [1.54, 1.807) is 7.11 Å². The van der Waals surface area contributed by atoms with Gasteiger partial charge in [-0.3, -0.25) is 14.7 Å². The first kappa shape index (κ1) is 37.1. The number of para-hydroxylation sites is 2. The van der Waals surface area contributed by atoms with E-state index >= 15 is 0 Å². The molecule has 0 saturated carbocycles. The molecule has 292 valence electrons. The van der Waals surface area contributed by atoms with Crippen molar-refractivity contribution in [1.29, 1.82) is 0 Å². The van der Waals surface area contributed by atoms with Crippen molar-refractivity contribution in [3.05, 3.63) is 149 Å². The molecule has 0 amide bonds. The van der Waals surface area contributed by atoms with E-state index in [2.05, 4.69) is 61.6 Å². The van der Waals surface area contributed by atoms with Gasteiger partial charge in [-0.1, -0.05) is 60.7 Å². The summed E-state index contributed by atoms with van der Waals surface area (Å²) < 4.78 is 13.5. The van der Waals surface area contributed by atoms with Crippen molar-refractivity contribution in [2.24, 2.45) is 0 Å². The molecule has 58 heavy (non-hydrogen) atoms. The Balaban J connectivity index is 0.829. The summed E-state index contributed by atoms with van der Waals surface area (Å²) in [5.41, 5.74) is 6.03. The van der Waals surface area contributed by atoms with Crippen LogP contribution in [0.4, 0.5) is 0 Å². The average molecular weight is 772 g/mol. The number of nitrogens with zero attached hydrogens (tertiary/aromatic N) is 9. The fourth-order valence-corrected chi connectivity index (χ4v) is 7.74. The van der Waals surface area contributed by atoms with Crippen molar-refractivity contribution >= 4 is 32.7 Å². The van der Waals surface area contributed by atoms with Gasteiger partial charge in [0.2, 0.25) is 5.82 Å². The van der Waals surface area contributed by atoms with Crippen molar-refractivity contribution in [1.82, 2.24) is 44.5 Å². The molecule has 0 spiro atoms. The van der Waals surface area contributed by atoms with Gasteiger partial charge in [0.05, 0.1) is 47.2 Å². The standard InChI is InChI=1S/C46H45N9O3/c1-57-39-19-20-44-36(28-39)29-41(45-49-51-55(50-45)30-33-9-8-12-40(27-33)58-32-38-18-16-35-11-3-5-14-43(35)48-38)46(56)54(44)22-7-6-21-52-23-25-53(26-24-52)31-37-17-15-34-10-2-4-13-42(34)47-37/h2-5,8-20,27-29H,6-7,21-26,30-32H2,1H3. The fraction of sp³-hybridized carbons (Fsp3) is 0.261. The third-order valence-electron chi connectivity index (χ3n) is 10.9. The van der Waals surface area contributed by atoms with E-state index in [1.165, 1.54) is 10.2 Å².